The van der Waals surface area contributed by atoms with Crippen molar-refractivity contribution < 1.29 is 9.32 Å². The van der Waals surface area contributed by atoms with E-state index in [4.69, 9.17) is 4.52 Å². The van der Waals surface area contributed by atoms with Crippen LogP contribution < -0.4 is 0 Å². The molecule has 5 nitrogen and oxygen atoms in total. The molecule has 5 heteroatoms. The molecule has 0 spiro atoms. The normalized spacial score (nSPS) is 19.8. The first-order valence-corrected chi connectivity index (χ1v) is 5.61. The van der Waals surface area contributed by atoms with Crippen LogP contribution in [0, 0.1) is 0 Å². The molecule has 0 radical (unpaired) electrons. The van der Waals surface area contributed by atoms with E-state index in [9.17, 15) is 4.79 Å². The Labute approximate surface area is 97.9 Å². The third kappa shape index (κ3) is 1.84. The molecule has 0 saturated heterocycles. The summed E-state index contributed by atoms with van der Waals surface area (Å²) < 4.78 is 5.17. The van der Waals surface area contributed by atoms with Crippen LogP contribution in [0.15, 0.2) is 29.0 Å². The van der Waals surface area contributed by atoms with Crippen molar-refractivity contribution in [1.82, 2.24) is 15.1 Å². The highest BCUT2D eigenvalue weighted by atomic mass is 16.5. The van der Waals surface area contributed by atoms with Gasteiger partial charge in [0, 0.05) is 24.4 Å². The van der Waals surface area contributed by atoms with Crippen LogP contribution in [0.25, 0.3) is 11.4 Å². The van der Waals surface area contributed by atoms with Crippen LogP contribution in [0.1, 0.15) is 31.1 Å². The highest BCUT2D eigenvalue weighted by molar-refractivity contribution is 5.86. The molecule has 1 unspecified atom stereocenters. The molecular formula is C12H11N3O2. The Kier molecular flexibility index (Phi) is 2.44. The lowest BCUT2D eigenvalue weighted by molar-refractivity contribution is -0.119. The summed E-state index contributed by atoms with van der Waals surface area (Å²) in [5, 5.41) is 3.90. The second kappa shape index (κ2) is 4.08. The van der Waals surface area contributed by atoms with E-state index in [1.165, 1.54) is 0 Å². The van der Waals surface area contributed by atoms with E-state index in [0.29, 0.717) is 18.1 Å². The van der Waals surface area contributed by atoms with E-state index in [1.807, 2.05) is 12.1 Å². The van der Waals surface area contributed by atoms with E-state index >= 15 is 0 Å². The first-order chi connectivity index (χ1) is 8.34. The Morgan fingerprint density at radius 1 is 1.29 bits per heavy atom. The van der Waals surface area contributed by atoms with Gasteiger partial charge in [-0.3, -0.25) is 9.78 Å². The molecule has 17 heavy (non-hydrogen) atoms. The molecule has 2 heterocycles. The predicted molar refractivity (Wildman–Crippen MR) is 59.1 cm³/mol. The van der Waals surface area contributed by atoms with E-state index < -0.39 is 0 Å². The second-order valence-electron chi connectivity index (χ2n) is 4.10. The fourth-order valence-corrected chi connectivity index (χ4v) is 2.07. The van der Waals surface area contributed by atoms with Crippen molar-refractivity contribution in [3.63, 3.8) is 0 Å². The lowest BCUT2D eigenvalue weighted by Gasteiger charge is -1.98. The van der Waals surface area contributed by atoms with Crippen LogP contribution >= 0.6 is 0 Å². The van der Waals surface area contributed by atoms with E-state index in [-0.39, 0.29) is 11.7 Å². The molecule has 2 aromatic heterocycles. The molecule has 1 atom stereocenters. The highest BCUT2D eigenvalue weighted by Crippen LogP contribution is 2.30. The number of carbonyl (C=O) groups excluding carboxylic acids is 1. The zero-order chi connectivity index (χ0) is 11.7. The Balaban J connectivity index is 1.91. The molecule has 0 aromatic carbocycles. The number of ketones is 1. The van der Waals surface area contributed by atoms with Crippen molar-refractivity contribution in [2.75, 3.05) is 0 Å². The summed E-state index contributed by atoms with van der Waals surface area (Å²) in [5.41, 5.74) is 0.848. The number of pyridine rings is 1. The second-order valence-corrected chi connectivity index (χ2v) is 4.10. The summed E-state index contributed by atoms with van der Waals surface area (Å²) in [6, 6.07) is 3.62. The van der Waals surface area contributed by atoms with Gasteiger partial charge in [0.1, 0.15) is 5.78 Å². The van der Waals surface area contributed by atoms with Gasteiger partial charge in [0.05, 0.1) is 5.92 Å². The van der Waals surface area contributed by atoms with E-state index in [1.54, 1.807) is 12.4 Å². The maximum atomic E-state index is 11.6. The number of rotatable bonds is 2. The van der Waals surface area contributed by atoms with Crippen LogP contribution in [0.4, 0.5) is 0 Å². The quantitative estimate of drug-likeness (QED) is 0.787. The van der Waals surface area contributed by atoms with Gasteiger partial charge in [-0.15, -0.1) is 0 Å². The smallest absolute Gasteiger partial charge is 0.237 e. The number of aromatic nitrogens is 3. The lowest BCUT2D eigenvalue weighted by Crippen LogP contribution is -2.04. The Bertz CT molecular complexity index is 536. The van der Waals surface area contributed by atoms with Crippen LogP contribution in [0.3, 0.4) is 0 Å². The maximum absolute atomic E-state index is 11.6. The van der Waals surface area contributed by atoms with Gasteiger partial charge in [-0.2, -0.15) is 4.98 Å². The van der Waals surface area contributed by atoms with Gasteiger partial charge in [0.25, 0.3) is 0 Å². The van der Waals surface area contributed by atoms with Crippen molar-refractivity contribution in [3.05, 3.63) is 30.4 Å². The molecule has 86 valence electrons. The topological polar surface area (TPSA) is 68.9 Å². The number of hydrogen-bond donors (Lipinski definition) is 0. The Morgan fingerprint density at radius 3 is 2.82 bits per heavy atom. The number of Topliss-reactive ketones (excluding diaryl/α,β-unsaturated/α-hetero) is 1. The highest BCUT2D eigenvalue weighted by Gasteiger charge is 2.30. The van der Waals surface area contributed by atoms with Gasteiger partial charge in [-0.1, -0.05) is 5.16 Å². The maximum Gasteiger partial charge on any atom is 0.237 e. The molecule has 1 aliphatic carbocycles. The Hall–Kier alpha value is -2.04. The van der Waals surface area contributed by atoms with Gasteiger partial charge < -0.3 is 4.52 Å². The SMILES string of the molecule is O=C1CCCC1c1nc(-c2ccncc2)no1. The first kappa shape index (κ1) is 10.1. The van der Waals surface area contributed by atoms with Gasteiger partial charge in [0.2, 0.25) is 11.7 Å². The summed E-state index contributed by atoms with van der Waals surface area (Å²) in [7, 11) is 0. The molecule has 1 aliphatic rings. The summed E-state index contributed by atoms with van der Waals surface area (Å²) in [6.45, 7) is 0. The van der Waals surface area contributed by atoms with Crippen molar-refractivity contribution in [2.45, 2.75) is 25.2 Å². The standard InChI is InChI=1S/C12H11N3O2/c16-10-3-1-2-9(10)12-14-11(15-17-12)8-4-6-13-7-5-8/h4-7,9H,1-3H2. The molecule has 1 fully saturated rings. The van der Waals surface area contributed by atoms with Gasteiger partial charge in [-0.25, -0.2) is 0 Å². The van der Waals surface area contributed by atoms with Crippen LogP contribution in [0.5, 0.6) is 0 Å². The third-order valence-electron chi connectivity index (χ3n) is 2.98. The van der Waals surface area contributed by atoms with Crippen molar-refractivity contribution in [1.29, 1.82) is 0 Å². The molecule has 1 saturated carbocycles. The van der Waals surface area contributed by atoms with Gasteiger partial charge in [-0.05, 0) is 25.0 Å². The average Bonchev–Trinajstić information content (AvgIpc) is 2.98. The van der Waals surface area contributed by atoms with Gasteiger partial charge >= 0.3 is 0 Å². The Morgan fingerprint density at radius 2 is 2.12 bits per heavy atom. The summed E-state index contributed by atoms with van der Waals surface area (Å²) >= 11 is 0. The van der Waals surface area contributed by atoms with Crippen LogP contribution in [0.2, 0.25) is 0 Å². The molecule has 0 N–H and O–H groups in total. The number of hydrogen-bond acceptors (Lipinski definition) is 5. The van der Waals surface area contributed by atoms with Gasteiger partial charge in [0.15, 0.2) is 0 Å². The molecule has 2 aromatic rings. The zero-order valence-electron chi connectivity index (χ0n) is 9.17. The fraction of sp³-hybridized carbons (Fsp3) is 0.333. The van der Waals surface area contributed by atoms with Crippen LogP contribution in [-0.2, 0) is 4.79 Å². The van der Waals surface area contributed by atoms with Crippen molar-refractivity contribution in [2.24, 2.45) is 0 Å². The minimum atomic E-state index is -0.196. The zero-order valence-corrected chi connectivity index (χ0v) is 9.17. The number of nitrogens with zero attached hydrogens (tertiary/aromatic N) is 3. The largest absolute Gasteiger partial charge is 0.338 e. The molecule has 0 bridgehead atoms. The van der Waals surface area contributed by atoms with E-state index in [0.717, 1.165) is 18.4 Å². The first-order valence-electron chi connectivity index (χ1n) is 5.61. The van der Waals surface area contributed by atoms with Crippen molar-refractivity contribution in [3.8, 4) is 11.4 Å². The van der Waals surface area contributed by atoms with Crippen molar-refractivity contribution >= 4 is 5.78 Å². The minimum absolute atomic E-state index is 0.196. The molecule has 0 aliphatic heterocycles. The third-order valence-corrected chi connectivity index (χ3v) is 2.98. The molecule has 0 amide bonds. The summed E-state index contributed by atoms with van der Waals surface area (Å²) in [4.78, 5) is 19.8. The monoisotopic (exact) mass is 229 g/mol. The minimum Gasteiger partial charge on any atom is -0.338 e. The average molecular weight is 229 g/mol. The summed E-state index contributed by atoms with van der Waals surface area (Å²) in [5.74, 6) is 0.967. The fourth-order valence-electron chi connectivity index (χ4n) is 2.07. The predicted octanol–water partition coefficient (Wildman–Crippen LogP) is 1.97. The lowest BCUT2D eigenvalue weighted by atomic mass is 10.1. The summed E-state index contributed by atoms with van der Waals surface area (Å²) in [6.07, 6.45) is 5.70. The van der Waals surface area contributed by atoms with Crippen LogP contribution in [-0.4, -0.2) is 20.9 Å². The number of carbonyl (C=O) groups is 1. The molecule has 3 rings (SSSR count). The van der Waals surface area contributed by atoms with E-state index in [2.05, 4.69) is 15.1 Å². The molecular weight excluding hydrogens is 218 g/mol.